The minimum Gasteiger partial charge on any atom is -0.454 e. The van der Waals surface area contributed by atoms with Crippen molar-refractivity contribution in [2.75, 3.05) is 13.3 Å². The summed E-state index contributed by atoms with van der Waals surface area (Å²) in [5, 5.41) is 0. The van der Waals surface area contributed by atoms with Crippen LogP contribution in [-0.4, -0.2) is 40.4 Å². The van der Waals surface area contributed by atoms with E-state index in [-0.39, 0.29) is 42.8 Å². The van der Waals surface area contributed by atoms with Gasteiger partial charge in [-0.25, -0.2) is 0 Å². The van der Waals surface area contributed by atoms with Gasteiger partial charge in [0.25, 0.3) is 0 Å². The number of imide groups is 1. The Kier molecular flexibility index (Phi) is 4.27. The third-order valence-corrected chi connectivity index (χ3v) is 6.25. The minimum absolute atomic E-state index is 0.196. The molecule has 1 fully saturated rings. The second-order valence-electron chi connectivity index (χ2n) is 8.00. The third-order valence-electron chi connectivity index (χ3n) is 6.25. The number of ketones is 1. The number of nitrogens with zero attached hydrogens (tertiary/aromatic N) is 2. The Hall–Kier alpha value is -3.35. The number of fused-ring (bicyclic) bond motifs is 2. The fourth-order valence-corrected chi connectivity index (χ4v) is 4.72. The molecule has 30 heavy (non-hydrogen) atoms. The first-order valence-corrected chi connectivity index (χ1v) is 10.1. The van der Waals surface area contributed by atoms with E-state index in [0.717, 1.165) is 22.0 Å². The lowest BCUT2D eigenvalue weighted by atomic mass is 9.85. The highest BCUT2D eigenvalue weighted by Crippen LogP contribution is 2.36. The van der Waals surface area contributed by atoms with Gasteiger partial charge in [0.15, 0.2) is 17.3 Å². The summed E-state index contributed by atoms with van der Waals surface area (Å²) in [6.07, 6.45) is 5.02. The van der Waals surface area contributed by atoms with Crippen molar-refractivity contribution in [3.63, 3.8) is 0 Å². The second-order valence-corrected chi connectivity index (χ2v) is 8.00. The first-order valence-electron chi connectivity index (χ1n) is 10.1. The molecule has 2 amide bonds. The van der Waals surface area contributed by atoms with Gasteiger partial charge in [-0.3, -0.25) is 19.3 Å². The van der Waals surface area contributed by atoms with Crippen LogP contribution in [0.2, 0.25) is 0 Å². The molecule has 1 aliphatic carbocycles. The number of benzene rings is 1. The summed E-state index contributed by atoms with van der Waals surface area (Å²) in [5.74, 6) is 0.0209. The highest BCUT2D eigenvalue weighted by Gasteiger charge is 2.47. The molecule has 2 aliphatic heterocycles. The van der Waals surface area contributed by atoms with Crippen LogP contribution in [0.4, 0.5) is 0 Å². The van der Waals surface area contributed by atoms with Gasteiger partial charge in [0.2, 0.25) is 18.6 Å². The van der Waals surface area contributed by atoms with Crippen LogP contribution in [0.25, 0.3) is 5.69 Å². The summed E-state index contributed by atoms with van der Waals surface area (Å²) in [7, 11) is 0. The normalized spacial score (nSPS) is 22.0. The van der Waals surface area contributed by atoms with Crippen molar-refractivity contribution in [1.82, 2.24) is 9.47 Å². The number of carbonyl (C=O) groups is 3. The molecule has 0 saturated carbocycles. The van der Waals surface area contributed by atoms with E-state index in [0.29, 0.717) is 29.9 Å². The highest BCUT2D eigenvalue weighted by molar-refractivity contribution is 6.10. The molecule has 3 heterocycles. The number of aromatic nitrogens is 1. The predicted molar refractivity (Wildman–Crippen MR) is 108 cm³/mol. The summed E-state index contributed by atoms with van der Waals surface area (Å²) < 4.78 is 12.8. The Morgan fingerprint density at radius 1 is 1.00 bits per heavy atom. The van der Waals surface area contributed by atoms with Crippen molar-refractivity contribution in [1.29, 1.82) is 0 Å². The summed E-state index contributed by atoms with van der Waals surface area (Å²) in [6.45, 7) is 3.76. The number of hydrogen-bond donors (Lipinski definition) is 0. The van der Waals surface area contributed by atoms with Crippen molar-refractivity contribution >= 4 is 17.6 Å². The maximum absolute atomic E-state index is 13.1. The molecule has 0 spiro atoms. The quantitative estimate of drug-likeness (QED) is 0.443. The van der Waals surface area contributed by atoms with Crippen molar-refractivity contribution in [3.8, 4) is 17.2 Å². The highest BCUT2D eigenvalue weighted by atomic mass is 16.7. The molecule has 1 saturated heterocycles. The van der Waals surface area contributed by atoms with Crippen LogP contribution in [-0.2, 0) is 9.59 Å². The zero-order valence-corrected chi connectivity index (χ0v) is 16.9. The van der Waals surface area contributed by atoms with Crippen LogP contribution in [0.1, 0.15) is 34.6 Å². The molecule has 5 rings (SSSR count). The molecule has 0 unspecified atom stereocenters. The number of aryl methyl sites for hydroxylation is 1. The Balaban J connectivity index is 1.42. The zero-order chi connectivity index (χ0) is 21.0. The van der Waals surface area contributed by atoms with Crippen molar-refractivity contribution in [2.45, 2.75) is 26.7 Å². The van der Waals surface area contributed by atoms with Gasteiger partial charge in [0.1, 0.15) is 0 Å². The van der Waals surface area contributed by atoms with E-state index in [2.05, 4.69) is 0 Å². The van der Waals surface area contributed by atoms with Gasteiger partial charge in [0.05, 0.1) is 18.4 Å². The molecule has 2 atom stereocenters. The van der Waals surface area contributed by atoms with E-state index < -0.39 is 0 Å². The van der Waals surface area contributed by atoms with Crippen LogP contribution < -0.4 is 9.47 Å². The molecule has 0 N–H and O–H groups in total. The van der Waals surface area contributed by atoms with Gasteiger partial charge in [-0.1, -0.05) is 12.2 Å². The van der Waals surface area contributed by atoms with Gasteiger partial charge in [-0.15, -0.1) is 0 Å². The molecule has 1 aromatic heterocycles. The summed E-state index contributed by atoms with van der Waals surface area (Å²) >= 11 is 0. The molecule has 7 heteroatoms. The molecular formula is C23H22N2O5. The molecule has 154 valence electrons. The smallest absolute Gasteiger partial charge is 0.233 e. The maximum atomic E-state index is 13.1. The first kappa shape index (κ1) is 18.7. The molecule has 0 radical (unpaired) electrons. The SMILES string of the molecule is Cc1cc(C(=O)CN2C(=O)[C@H]3CC=CC[C@H]3C2=O)c(C)n1-c1ccc2c(c1)OCO2. The fourth-order valence-electron chi connectivity index (χ4n) is 4.72. The van der Waals surface area contributed by atoms with Crippen LogP contribution >= 0.6 is 0 Å². The maximum Gasteiger partial charge on any atom is 0.233 e. The third kappa shape index (κ3) is 2.76. The standard InChI is InChI=1S/C23H22N2O5/c1-13-9-18(14(2)25(13)15-7-8-20-21(10-15)30-12-29-20)19(26)11-24-22(27)16-5-3-4-6-17(16)23(24)28/h3-4,7-10,16-17H,5-6,11-12H2,1-2H3/t16-,17+. The number of ether oxygens (including phenoxy) is 2. The number of amides is 2. The fraction of sp³-hybridized carbons (Fsp3) is 0.348. The number of carbonyl (C=O) groups excluding carboxylic acids is 3. The van der Waals surface area contributed by atoms with Gasteiger partial charge >= 0.3 is 0 Å². The van der Waals surface area contributed by atoms with E-state index >= 15 is 0 Å². The second kappa shape index (κ2) is 6.86. The number of Topliss-reactive ketones (excluding diaryl/α,β-unsaturated/α-hetero) is 1. The largest absolute Gasteiger partial charge is 0.454 e. The molecule has 3 aliphatic rings. The van der Waals surface area contributed by atoms with E-state index in [9.17, 15) is 14.4 Å². The van der Waals surface area contributed by atoms with Gasteiger partial charge in [-0.05, 0) is 44.9 Å². The summed E-state index contributed by atoms with van der Waals surface area (Å²) in [6, 6.07) is 7.44. The lowest BCUT2D eigenvalue weighted by Crippen LogP contribution is -2.36. The van der Waals surface area contributed by atoms with Crippen molar-refractivity contribution in [2.24, 2.45) is 11.8 Å². The van der Waals surface area contributed by atoms with E-state index in [1.54, 1.807) is 0 Å². The number of allylic oxidation sites excluding steroid dienone is 2. The molecule has 0 bridgehead atoms. The molecule has 7 nitrogen and oxygen atoms in total. The van der Waals surface area contributed by atoms with Crippen LogP contribution in [0.15, 0.2) is 36.4 Å². The Labute approximate surface area is 173 Å². The van der Waals surface area contributed by atoms with Crippen LogP contribution in [0, 0.1) is 25.7 Å². The Morgan fingerprint density at radius 2 is 1.67 bits per heavy atom. The van der Waals surface area contributed by atoms with E-state index in [1.165, 1.54) is 0 Å². The van der Waals surface area contributed by atoms with Crippen LogP contribution in [0.3, 0.4) is 0 Å². The van der Waals surface area contributed by atoms with Gasteiger partial charge in [0, 0.05) is 28.7 Å². The van der Waals surface area contributed by atoms with E-state index in [4.69, 9.17) is 9.47 Å². The molecule has 2 aromatic rings. The summed E-state index contributed by atoms with van der Waals surface area (Å²) in [5.41, 5.74) is 3.01. The minimum atomic E-state index is -0.323. The zero-order valence-electron chi connectivity index (χ0n) is 16.9. The molecule has 1 aromatic carbocycles. The van der Waals surface area contributed by atoms with Crippen molar-refractivity contribution < 1.29 is 23.9 Å². The monoisotopic (exact) mass is 406 g/mol. The summed E-state index contributed by atoms with van der Waals surface area (Å²) in [4.78, 5) is 39.6. The first-order chi connectivity index (χ1) is 14.5. The average molecular weight is 406 g/mol. The van der Waals surface area contributed by atoms with Gasteiger partial charge in [-0.2, -0.15) is 0 Å². The van der Waals surface area contributed by atoms with E-state index in [1.807, 2.05) is 54.8 Å². The Bertz CT molecular complexity index is 1090. The topological polar surface area (TPSA) is 77.8 Å². The van der Waals surface area contributed by atoms with Gasteiger partial charge < -0.3 is 14.0 Å². The number of rotatable bonds is 4. The van der Waals surface area contributed by atoms with Crippen LogP contribution in [0.5, 0.6) is 11.5 Å². The Morgan fingerprint density at radius 3 is 2.37 bits per heavy atom. The molecular weight excluding hydrogens is 384 g/mol. The lowest BCUT2D eigenvalue weighted by molar-refractivity contribution is -0.139. The van der Waals surface area contributed by atoms with Crippen molar-refractivity contribution in [3.05, 3.63) is 53.4 Å². The predicted octanol–water partition coefficient (Wildman–Crippen LogP) is 2.96. The lowest BCUT2D eigenvalue weighted by Gasteiger charge is -2.14. The number of likely N-dealkylation sites (tertiary alicyclic amines) is 1. The number of hydrogen-bond acceptors (Lipinski definition) is 5. The average Bonchev–Trinajstić information content (AvgIpc) is 3.39.